The second kappa shape index (κ2) is 8.28. The van der Waals surface area contributed by atoms with Gasteiger partial charge in [-0.15, -0.1) is 0 Å². The molecule has 0 bridgehead atoms. The van der Waals surface area contributed by atoms with Gasteiger partial charge in [-0.3, -0.25) is 10.1 Å². The summed E-state index contributed by atoms with van der Waals surface area (Å²) in [7, 11) is -3.86. The van der Waals surface area contributed by atoms with Gasteiger partial charge in [-0.2, -0.15) is 4.72 Å². The number of hydrogen-bond acceptors (Lipinski definition) is 5. The molecule has 25 heavy (non-hydrogen) atoms. The van der Waals surface area contributed by atoms with Crippen molar-refractivity contribution in [1.29, 1.82) is 0 Å². The molecule has 1 N–H and O–H groups in total. The predicted octanol–water partition coefficient (Wildman–Crippen LogP) is 2.26. The smallest absolute Gasteiger partial charge is 0.270 e. The highest BCUT2D eigenvalue weighted by Gasteiger charge is 2.16. The molecular formula is C17H16N2O5S. The van der Waals surface area contributed by atoms with Gasteiger partial charge >= 0.3 is 0 Å². The SMILES string of the molecule is Cc1ccccc1OCC#CCNS(=O)(=O)c1cccc([N+](=O)[O-])c1. The Hall–Kier alpha value is -2.89. The zero-order chi connectivity index (χ0) is 18.3. The first-order chi connectivity index (χ1) is 11.9. The van der Waals surface area contributed by atoms with E-state index >= 15 is 0 Å². The van der Waals surface area contributed by atoms with Crippen molar-refractivity contribution in [3.05, 3.63) is 64.2 Å². The molecule has 2 rings (SSSR count). The summed E-state index contributed by atoms with van der Waals surface area (Å²) in [5.41, 5.74) is 0.691. The molecular weight excluding hydrogens is 344 g/mol. The van der Waals surface area contributed by atoms with Gasteiger partial charge in [0.1, 0.15) is 12.4 Å². The second-order valence-corrected chi connectivity index (χ2v) is 6.75. The number of benzene rings is 2. The highest BCUT2D eigenvalue weighted by atomic mass is 32.2. The third-order valence-corrected chi connectivity index (χ3v) is 4.61. The Balaban J connectivity index is 1.90. The lowest BCUT2D eigenvalue weighted by atomic mass is 10.2. The molecule has 2 aromatic rings. The summed E-state index contributed by atoms with van der Waals surface area (Å²) in [6.45, 7) is 1.92. The van der Waals surface area contributed by atoms with Crippen LogP contribution < -0.4 is 9.46 Å². The maximum Gasteiger partial charge on any atom is 0.270 e. The summed E-state index contributed by atoms with van der Waals surface area (Å²) in [6, 6.07) is 12.3. The average molecular weight is 360 g/mol. The molecule has 0 amide bonds. The van der Waals surface area contributed by atoms with Crippen molar-refractivity contribution in [2.45, 2.75) is 11.8 Å². The van der Waals surface area contributed by atoms with Gasteiger partial charge in [-0.25, -0.2) is 8.42 Å². The van der Waals surface area contributed by atoms with E-state index in [0.29, 0.717) is 5.75 Å². The molecule has 0 fully saturated rings. The number of sulfonamides is 1. The van der Waals surface area contributed by atoms with E-state index in [1.807, 2.05) is 31.2 Å². The van der Waals surface area contributed by atoms with Crippen molar-refractivity contribution in [2.75, 3.05) is 13.2 Å². The Kier molecular flexibility index (Phi) is 6.11. The summed E-state index contributed by atoms with van der Waals surface area (Å²) >= 11 is 0. The fourth-order valence-corrected chi connectivity index (χ4v) is 2.89. The van der Waals surface area contributed by atoms with Gasteiger partial charge in [0.25, 0.3) is 5.69 Å². The van der Waals surface area contributed by atoms with Crippen LogP contribution in [-0.2, 0) is 10.0 Å². The Morgan fingerprint density at radius 3 is 2.64 bits per heavy atom. The maximum atomic E-state index is 12.1. The van der Waals surface area contributed by atoms with Crippen molar-refractivity contribution in [3.63, 3.8) is 0 Å². The summed E-state index contributed by atoms with van der Waals surface area (Å²) in [5.74, 6) is 6.06. The number of non-ortho nitro benzene ring substituents is 1. The lowest BCUT2D eigenvalue weighted by Crippen LogP contribution is -2.24. The Bertz CT molecular complexity index is 929. The van der Waals surface area contributed by atoms with Crippen LogP contribution >= 0.6 is 0 Å². The first-order valence-corrected chi connectivity index (χ1v) is 8.77. The largest absolute Gasteiger partial charge is 0.481 e. The Morgan fingerprint density at radius 2 is 1.92 bits per heavy atom. The van der Waals surface area contributed by atoms with Gasteiger partial charge in [0.05, 0.1) is 16.4 Å². The summed E-state index contributed by atoms with van der Waals surface area (Å²) in [5, 5.41) is 10.7. The normalized spacial score (nSPS) is 10.6. The van der Waals surface area contributed by atoms with Gasteiger partial charge in [0.15, 0.2) is 0 Å². The van der Waals surface area contributed by atoms with Gasteiger partial charge in [-0.05, 0) is 24.6 Å². The van der Waals surface area contributed by atoms with E-state index < -0.39 is 14.9 Å². The minimum absolute atomic E-state index is 0.123. The lowest BCUT2D eigenvalue weighted by Gasteiger charge is -2.05. The second-order valence-electron chi connectivity index (χ2n) is 4.99. The first kappa shape index (κ1) is 18.4. The molecule has 2 aromatic carbocycles. The van der Waals surface area contributed by atoms with Gasteiger partial charge < -0.3 is 4.74 Å². The van der Waals surface area contributed by atoms with Crippen molar-refractivity contribution in [3.8, 4) is 17.6 Å². The minimum Gasteiger partial charge on any atom is -0.481 e. The minimum atomic E-state index is -3.86. The fraction of sp³-hybridized carbons (Fsp3) is 0.176. The molecule has 0 aliphatic carbocycles. The van der Waals surface area contributed by atoms with E-state index in [9.17, 15) is 18.5 Å². The lowest BCUT2D eigenvalue weighted by molar-refractivity contribution is -0.385. The number of nitrogens with one attached hydrogen (secondary N) is 1. The molecule has 0 saturated heterocycles. The van der Waals surface area contributed by atoms with Crippen LogP contribution in [0.4, 0.5) is 5.69 Å². The number of para-hydroxylation sites is 1. The van der Waals surface area contributed by atoms with Crippen molar-refractivity contribution < 1.29 is 18.1 Å². The van der Waals surface area contributed by atoms with Crippen LogP contribution in [0.15, 0.2) is 53.4 Å². The van der Waals surface area contributed by atoms with Gasteiger partial charge in [0.2, 0.25) is 10.0 Å². The Morgan fingerprint density at radius 1 is 1.16 bits per heavy atom. The maximum absolute atomic E-state index is 12.1. The number of nitrogens with zero attached hydrogens (tertiary/aromatic N) is 1. The first-order valence-electron chi connectivity index (χ1n) is 7.28. The molecule has 0 spiro atoms. The number of ether oxygens (including phenoxy) is 1. The molecule has 0 heterocycles. The topological polar surface area (TPSA) is 98.5 Å². The van der Waals surface area contributed by atoms with Crippen LogP contribution in [0.2, 0.25) is 0 Å². The average Bonchev–Trinajstić information content (AvgIpc) is 2.59. The number of hydrogen-bond donors (Lipinski definition) is 1. The van der Waals surface area contributed by atoms with Crippen molar-refractivity contribution in [1.82, 2.24) is 4.72 Å². The van der Waals surface area contributed by atoms with Crippen molar-refractivity contribution in [2.24, 2.45) is 0 Å². The quantitative estimate of drug-likeness (QED) is 0.484. The standard InChI is InChI=1S/C17H16N2O5S/c1-14-7-2-3-10-17(14)24-12-5-4-11-18-25(22,23)16-9-6-8-15(13-16)19(20)21/h2-3,6-10,13,18H,11-12H2,1H3. The zero-order valence-corrected chi connectivity index (χ0v) is 14.2. The van der Waals surface area contributed by atoms with E-state index in [1.54, 1.807) is 0 Å². The highest BCUT2D eigenvalue weighted by Crippen LogP contribution is 2.17. The summed E-state index contributed by atoms with van der Waals surface area (Å²) in [6.07, 6.45) is 0. The molecule has 0 unspecified atom stereocenters. The third-order valence-electron chi connectivity index (χ3n) is 3.21. The van der Waals surface area contributed by atoms with E-state index in [4.69, 9.17) is 4.74 Å². The van der Waals surface area contributed by atoms with Crippen LogP contribution in [0.1, 0.15) is 5.56 Å². The number of rotatable bonds is 6. The molecule has 0 saturated carbocycles. The summed E-state index contributed by atoms with van der Waals surface area (Å²) in [4.78, 5) is 9.88. The molecule has 0 aliphatic rings. The molecule has 0 radical (unpaired) electrons. The monoisotopic (exact) mass is 360 g/mol. The van der Waals surface area contributed by atoms with Crippen LogP contribution in [0.5, 0.6) is 5.75 Å². The molecule has 0 atom stereocenters. The molecule has 0 aliphatic heterocycles. The van der Waals surface area contributed by atoms with E-state index in [1.165, 1.54) is 18.2 Å². The van der Waals surface area contributed by atoms with E-state index in [-0.39, 0.29) is 23.7 Å². The molecule has 8 heteroatoms. The van der Waals surface area contributed by atoms with E-state index in [0.717, 1.165) is 11.6 Å². The van der Waals surface area contributed by atoms with Gasteiger partial charge in [-0.1, -0.05) is 36.1 Å². The molecule has 130 valence electrons. The van der Waals surface area contributed by atoms with Crippen LogP contribution in [0.25, 0.3) is 0 Å². The number of nitro groups is 1. The third kappa shape index (κ3) is 5.31. The van der Waals surface area contributed by atoms with Crippen LogP contribution in [-0.4, -0.2) is 26.5 Å². The fourth-order valence-electron chi connectivity index (χ4n) is 1.92. The summed E-state index contributed by atoms with van der Waals surface area (Å²) < 4.78 is 31.9. The van der Waals surface area contributed by atoms with Crippen LogP contribution in [0.3, 0.4) is 0 Å². The Labute approximate surface area is 145 Å². The van der Waals surface area contributed by atoms with Crippen molar-refractivity contribution >= 4 is 15.7 Å². The van der Waals surface area contributed by atoms with Crippen LogP contribution in [0, 0.1) is 28.9 Å². The van der Waals surface area contributed by atoms with Gasteiger partial charge in [0, 0.05) is 12.1 Å². The molecule has 0 aromatic heterocycles. The number of aryl methyl sites for hydroxylation is 1. The predicted molar refractivity (Wildman–Crippen MR) is 92.7 cm³/mol. The number of nitro benzene ring substituents is 1. The molecule has 7 nitrogen and oxygen atoms in total. The van der Waals surface area contributed by atoms with E-state index in [2.05, 4.69) is 16.6 Å². The zero-order valence-electron chi connectivity index (χ0n) is 13.4. The highest BCUT2D eigenvalue weighted by molar-refractivity contribution is 7.89.